The van der Waals surface area contributed by atoms with Crippen molar-refractivity contribution >= 4 is 28.9 Å². The standard InChI is InChI=1S/C14H22N4OS/c1-9-5-7-16-13(11(9)12(15)20)17-8-6-10(19)18-14(2,3)4/h5,7H,6,8H2,1-4H3,(H2,15,20)(H,16,17)(H,18,19). The Kier molecular flexibility index (Phi) is 5.44. The van der Waals surface area contributed by atoms with Crippen molar-refractivity contribution in [2.75, 3.05) is 11.9 Å². The molecule has 5 nitrogen and oxygen atoms in total. The van der Waals surface area contributed by atoms with E-state index in [2.05, 4.69) is 15.6 Å². The number of thiocarbonyl (C=S) groups is 1. The first-order valence-corrected chi connectivity index (χ1v) is 6.92. The number of aryl methyl sites for hydroxylation is 1. The van der Waals surface area contributed by atoms with Crippen LogP contribution in [0.3, 0.4) is 0 Å². The molecule has 1 heterocycles. The molecule has 6 heteroatoms. The van der Waals surface area contributed by atoms with Crippen molar-refractivity contribution in [3.05, 3.63) is 23.4 Å². The van der Waals surface area contributed by atoms with E-state index in [-0.39, 0.29) is 11.4 Å². The number of nitrogens with one attached hydrogen (secondary N) is 2. The fraction of sp³-hybridized carbons (Fsp3) is 0.500. The van der Waals surface area contributed by atoms with Crippen LogP contribution in [0.1, 0.15) is 38.3 Å². The van der Waals surface area contributed by atoms with E-state index < -0.39 is 0 Å². The van der Waals surface area contributed by atoms with Gasteiger partial charge in [-0.3, -0.25) is 4.79 Å². The molecular weight excluding hydrogens is 272 g/mol. The number of nitrogens with zero attached hydrogens (tertiary/aromatic N) is 1. The summed E-state index contributed by atoms with van der Waals surface area (Å²) in [4.78, 5) is 16.2. The fourth-order valence-corrected chi connectivity index (χ4v) is 2.04. The minimum absolute atomic E-state index is 0.00507. The smallest absolute Gasteiger partial charge is 0.222 e. The molecule has 4 N–H and O–H groups in total. The van der Waals surface area contributed by atoms with Crippen LogP contribution in [0.15, 0.2) is 12.3 Å². The summed E-state index contributed by atoms with van der Waals surface area (Å²) in [6.07, 6.45) is 2.05. The predicted octanol–water partition coefficient (Wildman–Crippen LogP) is 1.74. The molecule has 0 bridgehead atoms. The maximum absolute atomic E-state index is 11.7. The molecule has 0 saturated carbocycles. The van der Waals surface area contributed by atoms with Gasteiger partial charge in [0, 0.05) is 24.7 Å². The summed E-state index contributed by atoms with van der Waals surface area (Å²) in [7, 11) is 0. The molecule has 0 saturated heterocycles. The maximum atomic E-state index is 11.7. The Balaban J connectivity index is 2.61. The van der Waals surface area contributed by atoms with Crippen molar-refractivity contribution in [1.29, 1.82) is 0 Å². The Hall–Kier alpha value is -1.69. The molecule has 0 unspecified atom stereocenters. The van der Waals surface area contributed by atoms with Gasteiger partial charge in [-0.2, -0.15) is 0 Å². The number of aromatic nitrogens is 1. The van der Waals surface area contributed by atoms with Crippen LogP contribution in [-0.2, 0) is 4.79 Å². The van der Waals surface area contributed by atoms with Gasteiger partial charge in [-0.1, -0.05) is 12.2 Å². The minimum atomic E-state index is -0.220. The number of nitrogens with two attached hydrogens (primary N) is 1. The summed E-state index contributed by atoms with van der Waals surface area (Å²) in [6, 6.07) is 1.85. The van der Waals surface area contributed by atoms with E-state index in [4.69, 9.17) is 18.0 Å². The number of amides is 1. The molecule has 0 aliphatic carbocycles. The second-order valence-corrected chi connectivity index (χ2v) is 6.13. The van der Waals surface area contributed by atoms with Crippen LogP contribution in [0, 0.1) is 6.92 Å². The predicted molar refractivity (Wildman–Crippen MR) is 85.9 cm³/mol. The van der Waals surface area contributed by atoms with Crippen LogP contribution in [0.5, 0.6) is 0 Å². The zero-order chi connectivity index (χ0) is 15.3. The van der Waals surface area contributed by atoms with E-state index >= 15 is 0 Å². The van der Waals surface area contributed by atoms with Gasteiger partial charge in [0.2, 0.25) is 5.91 Å². The van der Waals surface area contributed by atoms with Crippen LogP contribution in [0.4, 0.5) is 5.82 Å². The van der Waals surface area contributed by atoms with Gasteiger partial charge in [-0.25, -0.2) is 4.98 Å². The van der Waals surface area contributed by atoms with E-state index in [1.807, 2.05) is 33.8 Å². The minimum Gasteiger partial charge on any atom is -0.389 e. The highest BCUT2D eigenvalue weighted by molar-refractivity contribution is 7.80. The third kappa shape index (κ3) is 5.13. The lowest BCUT2D eigenvalue weighted by Gasteiger charge is -2.20. The van der Waals surface area contributed by atoms with E-state index in [1.54, 1.807) is 6.20 Å². The number of hydrogen-bond donors (Lipinski definition) is 3. The maximum Gasteiger partial charge on any atom is 0.222 e. The molecule has 0 aliphatic rings. The van der Waals surface area contributed by atoms with E-state index in [9.17, 15) is 4.79 Å². The molecule has 20 heavy (non-hydrogen) atoms. The van der Waals surface area contributed by atoms with Gasteiger partial charge in [-0.05, 0) is 39.3 Å². The van der Waals surface area contributed by atoms with Crippen LogP contribution in [-0.4, -0.2) is 28.0 Å². The summed E-state index contributed by atoms with van der Waals surface area (Å²) >= 11 is 5.03. The van der Waals surface area contributed by atoms with E-state index in [0.29, 0.717) is 23.8 Å². The zero-order valence-corrected chi connectivity index (χ0v) is 13.2. The van der Waals surface area contributed by atoms with Gasteiger partial charge in [0.25, 0.3) is 0 Å². The SMILES string of the molecule is Cc1ccnc(NCCC(=O)NC(C)(C)C)c1C(N)=S. The molecular formula is C14H22N4OS. The zero-order valence-electron chi connectivity index (χ0n) is 12.4. The molecule has 1 rings (SSSR count). The first kappa shape index (κ1) is 16.4. The topological polar surface area (TPSA) is 80.0 Å². The molecule has 1 amide bonds. The van der Waals surface area contributed by atoms with E-state index in [1.165, 1.54) is 0 Å². The van der Waals surface area contributed by atoms with E-state index in [0.717, 1.165) is 11.1 Å². The number of anilines is 1. The molecule has 0 aliphatic heterocycles. The Morgan fingerprint density at radius 2 is 2.10 bits per heavy atom. The summed E-state index contributed by atoms with van der Waals surface area (Å²) in [6.45, 7) is 8.25. The first-order chi connectivity index (χ1) is 9.20. The number of hydrogen-bond acceptors (Lipinski definition) is 4. The average molecular weight is 294 g/mol. The van der Waals surface area contributed by atoms with Crippen molar-refractivity contribution in [2.45, 2.75) is 39.7 Å². The Morgan fingerprint density at radius 3 is 2.65 bits per heavy atom. The van der Waals surface area contributed by atoms with Gasteiger partial charge in [0.1, 0.15) is 10.8 Å². The third-order valence-electron chi connectivity index (χ3n) is 2.56. The van der Waals surface area contributed by atoms with Gasteiger partial charge in [0.05, 0.1) is 5.56 Å². The second kappa shape index (κ2) is 6.65. The Labute approximate surface area is 125 Å². The van der Waals surface area contributed by atoms with Crippen LogP contribution in [0.25, 0.3) is 0 Å². The number of rotatable bonds is 5. The second-order valence-electron chi connectivity index (χ2n) is 5.69. The molecule has 0 fully saturated rings. The summed E-state index contributed by atoms with van der Waals surface area (Å²) in [5.74, 6) is 0.621. The molecule has 0 radical (unpaired) electrons. The number of pyridine rings is 1. The van der Waals surface area contributed by atoms with Gasteiger partial charge < -0.3 is 16.4 Å². The molecule has 0 spiro atoms. The van der Waals surface area contributed by atoms with Crippen molar-refractivity contribution in [2.24, 2.45) is 5.73 Å². The Morgan fingerprint density at radius 1 is 1.45 bits per heavy atom. The summed E-state index contributed by atoms with van der Waals surface area (Å²) < 4.78 is 0. The summed E-state index contributed by atoms with van der Waals surface area (Å²) in [5.41, 5.74) is 7.18. The quantitative estimate of drug-likeness (QED) is 0.721. The average Bonchev–Trinajstić information content (AvgIpc) is 2.25. The van der Waals surface area contributed by atoms with Gasteiger partial charge in [0.15, 0.2) is 0 Å². The highest BCUT2D eigenvalue weighted by Gasteiger charge is 2.14. The summed E-state index contributed by atoms with van der Waals surface area (Å²) in [5, 5.41) is 6.02. The van der Waals surface area contributed by atoms with Crippen LogP contribution >= 0.6 is 12.2 Å². The molecule has 110 valence electrons. The first-order valence-electron chi connectivity index (χ1n) is 6.51. The van der Waals surface area contributed by atoms with Crippen molar-refractivity contribution < 1.29 is 4.79 Å². The lowest BCUT2D eigenvalue weighted by molar-refractivity contribution is -0.122. The lowest BCUT2D eigenvalue weighted by Crippen LogP contribution is -2.41. The van der Waals surface area contributed by atoms with Crippen molar-refractivity contribution in [3.63, 3.8) is 0 Å². The highest BCUT2D eigenvalue weighted by Crippen LogP contribution is 2.16. The fourth-order valence-electron chi connectivity index (χ4n) is 1.78. The normalized spacial score (nSPS) is 11.0. The highest BCUT2D eigenvalue weighted by atomic mass is 32.1. The van der Waals surface area contributed by atoms with Gasteiger partial charge >= 0.3 is 0 Å². The number of carbonyl (C=O) groups excluding carboxylic acids is 1. The van der Waals surface area contributed by atoms with Crippen molar-refractivity contribution in [1.82, 2.24) is 10.3 Å². The molecule has 1 aromatic heterocycles. The van der Waals surface area contributed by atoms with Crippen LogP contribution in [0.2, 0.25) is 0 Å². The monoisotopic (exact) mass is 294 g/mol. The molecule has 0 aromatic carbocycles. The largest absolute Gasteiger partial charge is 0.389 e. The van der Waals surface area contributed by atoms with Crippen molar-refractivity contribution in [3.8, 4) is 0 Å². The van der Waals surface area contributed by atoms with Crippen LogP contribution < -0.4 is 16.4 Å². The molecule has 1 aromatic rings. The van der Waals surface area contributed by atoms with Gasteiger partial charge in [-0.15, -0.1) is 0 Å². The number of carbonyl (C=O) groups is 1. The lowest BCUT2D eigenvalue weighted by atomic mass is 10.1. The third-order valence-corrected chi connectivity index (χ3v) is 2.77. The molecule has 0 atom stereocenters. The Bertz CT molecular complexity index is 508.